The number of ether oxygens (including phenoxy) is 2. The Morgan fingerprint density at radius 3 is 2.53 bits per heavy atom. The van der Waals surface area contributed by atoms with Gasteiger partial charge in [-0.1, -0.05) is 18.2 Å². The minimum Gasteiger partial charge on any atom is -0.491 e. The van der Waals surface area contributed by atoms with Crippen molar-refractivity contribution in [2.45, 2.75) is 18.9 Å². The molecule has 0 radical (unpaired) electrons. The van der Waals surface area contributed by atoms with Gasteiger partial charge in [0, 0.05) is 19.6 Å². The molecule has 0 aromatic heterocycles. The molecule has 1 rings (SSSR count). The van der Waals surface area contributed by atoms with Crippen molar-refractivity contribution in [2.75, 3.05) is 26.4 Å². The molecule has 0 bridgehead atoms. The van der Waals surface area contributed by atoms with Crippen molar-refractivity contribution < 1.29 is 14.6 Å². The van der Waals surface area contributed by atoms with Crippen LogP contribution in [-0.4, -0.2) is 37.1 Å². The van der Waals surface area contributed by atoms with Gasteiger partial charge in [-0.25, -0.2) is 0 Å². The van der Waals surface area contributed by atoms with Gasteiger partial charge in [0.2, 0.25) is 0 Å². The van der Waals surface area contributed by atoms with Crippen molar-refractivity contribution in [1.29, 1.82) is 0 Å². The highest BCUT2D eigenvalue weighted by atomic mass is 16.5. The molecule has 1 aromatic carbocycles. The van der Waals surface area contributed by atoms with Crippen molar-refractivity contribution in [3.05, 3.63) is 30.3 Å². The Morgan fingerprint density at radius 1 is 1.18 bits per heavy atom. The lowest BCUT2D eigenvalue weighted by Gasteiger charge is -2.20. The second-order valence-electron chi connectivity index (χ2n) is 4.22. The minimum absolute atomic E-state index is 0.247. The fraction of sp³-hybridized carbons (Fsp3) is 0.538. The summed E-state index contributed by atoms with van der Waals surface area (Å²) in [5, 5.41) is 9.62. The SMILES string of the molecule is CC(O)(CN)CCOCCOc1ccccc1. The predicted octanol–water partition coefficient (Wildman–Crippen LogP) is 1.18. The Hall–Kier alpha value is -1.10. The van der Waals surface area contributed by atoms with Crippen LogP contribution >= 0.6 is 0 Å². The third-order valence-corrected chi connectivity index (χ3v) is 2.46. The Kier molecular flexibility index (Phi) is 5.97. The topological polar surface area (TPSA) is 64.7 Å². The average Bonchev–Trinajstić information content (AvgIpc) is 2.35. The fourth-order valence-electron chi connectivity index (χ4n) is 1.23. The number of benzene rings is 1. The third-order valence-electron chi connectivity index (χ3n) is 2.46. The zero-order valence-electron chi connectivity index (χ0n) is 10.3. The number of hydrogen-bond donors (Lipinski definition) is 2. The summed E-state index contributed by atoms with van der Waals surface area (Å²) in [6.07, 6.45) is 0.537. The van der Waals surface area contributed by atoms with Crippen LogP contribution in [-0.2, 0) is 4.74 Å². The molecule has 0 aliphatic heterocycles. The summed E-state index contributed by atoms with van der Waals surface area (Å²) in [7, 11) is 0. The molecule has 0 fully saturated rings. The smallest absolute Gasteiger partial charge is 0.119 e. The van der Waals surface area contributed by atoms with Crippen LogP contribution in [0.2, 0.25) is 0 Å². The maximum atomic E-state index is 9.62. The van der Waals surface area contributed by atoms with E-state index in [2.05, 4.69) is 0 Å². The summed E-state index contributed by atoms with van der Waals surface area (Å²) in [6, 6.07) is 9.60. The van der Waals surface area contributed by atoms with E-state index in [1.165, 1.54) is 0 Å². The minimum atomic E-state index is -0.833. The van der Waals surface area contributed by atoms with Crippen molar-refractivity contribution >= 4 is 0 Å². The summed E-state index contributed by atoms with van der Waals surface area (Å²) in [5.41, 5.74) is 4.56. The summed E-state index contributed by atoms with van der Waals surface area (Å²) in [6.45, 7) is 3.46. The molecule has 96 valence electrons. The summed E-state index contributed by atoms with van der Waals surface area (Å²) in [4.78, 5) is 0. The van der Waals surface area contributed by atoms with Gasteiger partial charge in [-0.15, -0.1) is 0 Å². The molecule has 0 saturated heterocycles. The molecular formula is C13H21NO3. The van der Waals surface area contributed by atoms with Gasteiger partial charge in [0.15, 0.2) is 0 Å². The molecule has 0 aliphatic carbocycles. The van der Waals surface area contributed by atoms with Gasteiger partial charge in [-0.2, -0.15) is 0 Å². The van der Waals surface area contributed by atoms with Crippen LogP contribution in [0.25, 0.3) is 0 Å². The van der Waals surface area contributed by atoms with Crippen LogP contribution in [0.1, 0.15) is 13.3 Å². The molecule has 3 N–H and O–H groups in total. The van der Waals surface area contributed by atoms with E-state index in [4.69, 9.17) is 15.2 Å². The molecule has 0 heterocycles. The highest BCUT2D eigenvalue weighted by molar-refractivity contribution is 5.20. The monoisotopic (exact) mass is 239 g/mol. The van der Waals surface area contributed by atoms with Gasteiger partial charge in [0.05, 0.1) is 12.2 Å². The number of para-hydroxylation sites is 1. The first kappa shape index (κ1) is 14.0. The zero-order chi connectivity index (χ0) is 12.6. The van der Waals surface area contributed by atoms with Crippen molar-refractivity contribution in [3.63, 3.8) is 0 Å². The maximum Gasteiger partial charge on any atom is 0.119 e. The second-order valence-corrected chi connectivity index (χ2v) is 4.22. The zero-order valence-corrected chi connectivity index (χ0v) is 10.3. The normalized spacial score (nSPS) is 14.3. The molecule has 17 heavy (non-hydrogen) atoms. The van der Waals surface area contributed by atoms with E-state index < -0.39 is 5.60 Å². The van der Waals surface area contributed by atoms with E-state index in [9.17, 15) is 5.11 Å². The van der Waals surface area contributed by atoms with E-state index in [0.717, 1.165) is 5.75 Å². The van der Waals surface area contributed by atoms with E-state index in [1.54, 1.807) is 6.92 Å². The Balaban J connectivity index is 2.02. The first-order chi connectivity index (χ1) is 8.14. The summed E-state index contributed by atoms with van der Waals surface area (Å²) < 4.78 is 10.8. The Morgan fingerprint density at radius 2 is 1.88 bits per heavy atom. The van der Waals surface area contributed by atoms with E-state index in [1.807, 2.05) is 30.3 Å². The largest absolute Gasteiger partial charge is 0.491 e. The van der Waals surface area contributed by atoms with Gasteiger partial charge in [-0.05, 0) is 19.1 Å². The molecule has 0 saturated carbocycles. The summed E-state index contributed by atoms with van der Waals surface area (Å²) >= 11 is 0. The van der Waals surface area contributed by atoms with E-state index in [0.29, 0.717) is 26.2 Å². The van der Waals surface area contributed by atoms with Crippen LogP contribution in [0, 0.1) is 0 Å². The third kappa shape index (κ3) is 6.26. The number of rotatable bonds is 8. The lowest BCUT2D eigenvalue weighted by molar-refractivity contribution is 0.0151. The van der Waals surface area contributed by atoms with Gasteiger partial charge in [0.25, 0.3) is 0 Å². The lowest BCUT2D eigenvalue weighted by Crippen LogP contribution is -2.35. The Bertz CT molecular complexity index is 301. The molecule has 1 unspecified atom stereocenters. The summed E-state index contributed by atoms with van der Waals surface area (Å²) in [5.74, 6) is 0.838. The maximum absolute atomic E-state index is 9.62. The number of aliphatic hydroxyl groups is 1. The van der Waals surface area contributed by atoms with Gasteiger partial charge < -0.3 is 20.3 Å². The molecule has 0 spiro atoms. The standard InChI is InChI=1S/C13H21NO3/c1-13(15,11-14)7-8-16-9-10-17-12-5-3-2-4-6-12/h2-6,15H,7-11,14H2,1H3. The average molecular weight is 239 g/mol. The highest BCUT2D eigenvalue weighted by Gasteiger charge is 2.16. The van der Waals surface area contributed by atoms with Crippen molar-refractivity contribution in [1.82, 2.24) is 0 Å². The molecule has 1 aromatic rings. The van der Waals surface area contributed by atoms with Gasteiger partial charge in [-0.3, -0.25) is 0 Å². The second kappa shape index (κ2) is 7.27. The molecule has 1 atom stereocenters. The van der Waals surface area contributed by atoms with Crippen molar-refractivity contribution in [3.8, 4) is 5.75 Å². The predicted molar refractivity (Wildman–Crippen MR) is 67.1 cm³/mol. The first-order valence-electron chi connectivity index (χ1n) is 5.82. The molecular weight excluding hydrogens is 218 g/mol. The van der Waals surface area contributed by atoms with Crippen LogP contribution in [0.4, 0.5) is 0 Å². The molecule has 0 aliphatic rings. The van der Waals surface area contributed by atoms with Crippen molar-refractivity contribution in [2.24, 2.45) is 5.73 Å². The van der Waals surface area contributed by atoms with Crippen LogP contribution in [0.5, 0.6) is 5.75 Å². The number of nitrogens with two attached hydrogens (primary N) is 1. The van der Waals surface area contributed by atoms with Crippen LogP contribution in [0.3, 0.4) is 0 Å². The van der Waals surface area contributed by atoms with Crippen LogP contribution < -0.4 is 10.5 Å². The molecule has 4 nitrogen and oxygen atoms in total. The first-order valence-corrected chi connectivity index (χ1v) is 5.82. The van der Waals surface area contributed by atoms with Crippen LogP contribution in [0.15, 0.2) is 30.3 Å². The highest BCUT2D eigenvalue weighted by Crippen LogP contribution is 2.08. The fourth-order valence-corrected chi connectivity index (χ4v) is 1.23. The lowest BCUT2D eigenvalue weighted by atomic mass is 10.0. The Labute approximate surface area is 102 Å². The van der Waals surface area contributed by atoms with E-state index >= 15 is 0 Å². The van der Waals surface area contributed by atoms with E-state index in [-0.39, 0.29) is 6.54 Å². The quantitative estimate of drug-likeness (QED) is 0.669. The van der Waals surface area contributed by atoms with Gasteiger partial charge >= 0.3 is 0 Å². The molecule has 4 heteroatoms. The molecule has 0 amide bonds. The van der Waals surface area contributed by atoms with Gasteiger partial charge in [0.1, 0.15) is 12.4 Å². The number of hydrogen-bond acceptors (Lipinski definition) is 4.